The van der Waals surface area contributed by atoms with Crippen LogP contribution < -0.4 is 10.2 Å². The van der Waals surface area contributed by atoms with Crippen molar-refractivity contribution in [2.45, 2.75) is 47.9 Å². The van der Waals surface area contributed by atoms with Gasteiger partial charge >= 0.3 is 12.0 Å². The zero-order valence-corrected chi connectivity index (χ0v) is 19.6. The van der Waals surface area contributed by atoms with E-state index in [0.717, 1.165) is 45.3 Å². The number of urea groups is 1. The first kappa shape index (κ1) is 22.5. The predicted octanol–water partition coefficient (Wildman–Crippen LogP) is 3.86. The molecule has 1 aliphatic carbocycles. The van der Waals surface area contributed by atoms with Crippen molar-refractivity contribution in [1.29, 1.82) is 0 Å². The van der Waals surface area contributed by atoms with E-state index in [9.17, 15) is 19.2 Å². The van der Waals surface area contributed by atoms with E-state index in [4.69, 9.17) is 4.74 Å². The fraction of sp³-hybridized carbons (Fsp3) is 0.360. The molecule has 2 aromatic rings. The van der Waals surface area contributed by atoms with Crippen LogP contribution in [0.25, 0.3) is 0 Å². The van der Waals surface area contributed by atoms with Gasteiger partial charge in [0.05, 0.1) is 11.4 Å². The summed E-state index contributed by atoms with van der Waals surface area (Å²) < 4.78 is 5.24. The van der Waals surface area contributed by atoms with Gasteiger partial charge in [0.15, 0.2) is 6.61 Å². The molecule has 8 nitrogen and oxygen atoms in total. The van der Waals surface area contributed by atoms with Crippen LogP contribution in [0.2, 0.25) is 0 Å². The standard InChI is InChI=1S/C25H25N3O5S/c1-16-8-6-7-13-25(16)23(31)27(24(32)26-25)14-22(30)33-15-21(29)28-17-9-2-4-11-19(17)34-20-12-5-3-10-18(20)28/h2-5,9-12,16H,6-8,13-15H2,1H3,(H,26,32). The van der Waals surface area contributed by atoms with Crippen molar-refractivity contribution >= 4 is 47.0 Å². The molecule has 9 heteroatoms. The summed E-state index contributed by atoms with van der Waals surface area (Å²) in [5, 5.41) is 2.81. The topological polar surface area (TPSA) is 96.0 Å². The molecule has 1 saturated heterocycles. The first-order chi connectivity index (χ1) is 16.4. The molecule has 2 fully saturated rings. The van der Waals surface area contributed by atoms with Crippen LogP contribution in [0.4, 0.5) is 16.2 Å². The fourth-order valence-electron chi connectivity index (χ4n) is 4.99. The van der Waals surface area contributed by atoms with E-state index in [0.29, 0.717) is 6.42 Å². The summed E-state index contributed by atoms with van der Waals surface area (Å²) in [5.41, 5.74) is 0.494. The normalized spacial score (nSPS) is 23.4. The lowest BCUT2D eigenvalue weighted by molar-refractivity contribution is -0.150. The van der Waals surface area contributed by atoms with Gasteiger partial charge in [-0.2, -0.15) is 0 Å². The Balaban J connectivity index is 1.27. The van der Waals surface area contributed by atoms with Crippen molar-refractivity contribution < 1.29 is 23.9 Å². The zero-order valence-electron chi connectivity index (χ0n) is 18.8. The molecular formula is C25H25N3O5S. The third-order valence-electron chi connectivity index (χ3n) is 6.83. The number of carbonyl (C=O) groups is 4. The van der Waals surface area contributed by atoms with Crippen LogP contribution in [0.3, 0.4) is 0 Å². The van der Waals surface area contributed by atoms with Crippen LogP contribution in [-0.4, -0.2) is 47.4 Å². The van der Waals surface area contributed by atoms with E-state index < -0.39 is 36.6 Å². The highest BCUT2D eigenvalue weighted by Crippen LogP contribution is 2.47. The number of benzene rings is 2. The quantitative estimate of drug-likeness (QED) is 0.529. The first-order valence-corrected chi connectivity index (χ1v) is 12.2. The molecule has 2 atom stereocenters. The molecule has 4 amide bonds. The highest BCUT2D eigenvalue weighted by Gasteiger charge is 2.55. The number of imide groups is 1. The second kappa shape index (κ2) is 8.79. The molecule has 34 heavy (non-hydrogen) atoms. The van der Waals surface area contributed by atoms with Gasteiger partial charge in [-0.15, -0.1) is 0 Å². The minimum absolute atomic E-state index is 0.00240. The van der Waals surface area contributed by atoms with Gasteiger partial charge in [-0.05, 0) is 43.0 Å². The molecule has 176 valence electrons. The number of anilines is 2. The van der Waals surface area contributed by atoms with Crippen LogP contribution in [0, 0.1) is 5.92 Å². The summed E-state index contributed by atoms with van der Waals surface area (Å²) in [7, 11) is 0. The van der Waals surface area contributed by atoms with Gasteiger partial charge in [-0.1, -0.05) is 55.8 Å². The number of nitrogens with one attached hydrogen (secondary N) is 1. The van der Waals surface area contributed by atoms with Crippen molar-refractivity contribution in [3.8, 4) is 0 Å². The van der Waals surface area contributed by atoms with Crippen molar-refractivity contribution in [3.05, 3.63) is 48.5 Å². The summed E-state index contributed by atoms with van der Waals surface area (Å²) in [6, 6.07) is 14.5. The third kappa shape index (κ3) is 3.73. The van der Waals surface area contributed by atoms with Crippen LogP contribution in [-0.2, 0) is 19.1 Å². The second-order valence-corrected chi connectivity index (χ2v) is 9.95. The molecule has 0 bridgehead atoms. The highest BCUT2D eigenvalue weighted by atomic mass is 32.2. The van der Waals surface area contributed by atoms with Gasteiger partial charge in [0, 0.05) is 9.79 Å². The molecule has 0 aromatic heterocycles. The van der Waals surface area contributed by atoms with Gasteiger partial charge in [0.25, 0.3) is 11.8 Å². The lowest BCUT2D eigenvalue weighted by atomic mass is 9.73. The largest absolute Gasteiger partial charge is 0.454 e. The average Bonchev–Trinajstić information content (AvgIpc) is 3.07. The van der Waals surface area contributed by atoms with E-state index in [1.54, 1.807) is 16.7 Å². The zero-order chi connectivity index (χ0) is 23.9. The summed E-state index contributed by atoms with van der Waals surface area (Å²) in [4.78, 5) is 55.6. The minimum Gasteiger partial charge on any atom is -0.454 e. The molecule has 0 radical (unpaired) electrons. The number of hydrogen-bond acceptors (Lipinski definition) is 6. The summed E-state index contributed by atoms with van der Waals surface area (Å²) in [6.45, 7) is 0.928. The molecule has 2 aromatic carbocycles. The molecule has 1 N–H and O–H groups in total. The molecule has 2 heterocycles. The van der Waals surface area contributed by atoms with Crippen LogP contribution in [0.15, 0.2) is 58.3 Å². The molecule has 5 rings (SSSR count). The molecule has 2 aliphatic heterocycles. The van der Waals surface area contributed by atoms with E-state index in [-0.39, 0.29) is 11.8 Å². The lowest BCUT2D eigenvalue weighted by Gasteiger charge is -2.36. The summed E-state index contributed by atoms with van der Waals surface area (Å²) >= 11 is 1.57. The number of carbonyl (C=O) groups excluding carboxylic acids is 4. The SMILES string of the molecule is CC1CCCCC12NC(=O)N(CC(=O)OCC(=O)N1c3ccccc3Sc3ccccc31)C2=O. The number of esters is 1. The lowest BCUT2D eigenvalue weighted by Crippen LogP contribution is -2.54. The number of rotatable bonds is 4. The number of nitrogens with zero attached hydrogens (tertiary/aromatic N) is 2. The summed E-state index contributed by atoms with van der Waals surface area (Å²) in [5.74, 6) is -1.60. The summed E-state index contributed by atoms with van der Waals surface area (Å²) in [6.07, 6.45) is 3.27. The van der Waals surface area contributed by atoms with Crippen molar-refractivity contribution in [3.63, 3.8) is 0 Å². The number of amides is 4. The van der Waals surface area contributed by atoms with Crippen LogP contribution in [0.5, 0.6) is 0 Å². The van der Waals surface area contributed by atoms with Gasteiger partial charge in [-0.3, -0.25) is 24.2 Å². The Labute approximate surface area is 201 Å². The number of para-hydroxylation sites is 2. The van der Waals surface area contributed by atoms with Gasteiger partial charge in [-0.25, -0.2) is 4.79 Å². The Bertz CT molecular complexity index is 1140. The minimum atomic E-state index is -0.940. The Hall–Kier alpha value is -3.33. The molecule has 2 unspecified atom stereocenters. The van der Waals surface area contributed by atoms with Gasteiger partial charge in [0.1, 0.15) is 12.1 Å². The molecule has 1 saturated carbocycles. The van der Waals surface area contributed by atoms with Crippen LogP contribution >= 0.6 is 11.8 Å². The van der Waals surface area contributed by atoms with E-state index in [2.05, 4.69) is 5.32 Å². The Morgan fingerprint density at radius 3 is 2.35 bits per heavy atom. The van der Waals surface area contributed by atoms with Crippen molar-refractivity contribution in [2.75, 3.05) is 18.1 Å². The van der Waals surface area contributed by atoms with E-state index in [1.807, 2.05) is 55.5 Å². The van der Waals surface area contributed by atoms with E-state index >= 15 is 0 Å². The highest BCUT2D eigenvalue weighted by molar-refractivity contribution is 7.99. The van der Waals surface area contributed by atoms with Gasteiger partial charge in [0.2, 0.25) is 0 Å². The second-order valence-electron chi connectivity index (χ2n) is 8.87. The number of hydrogen-bond donors (Lipinski definition) is 1. The fourth-order valence-corrected chi connectivity index (χ4v) is 6.05. The third-order valence-corrected chi connectivity index (χ3v) is 7.96. The smallest absolute Gasteiger partial charge is 0.326 e. The van der Waals surface area contributed by atoms with Gasteiger partial charge < -0.3 is 10.1 Å². The number of fused-ring (bicyclic) bond motifs is 2. The Kier molecular flexibility index (Phi) is 5.81. The maximum absolute atomic E-state index is 13.2. The van der Waals surface area contributed by atoms with Crippen molar-refractivity contribution in [2.24, 2.45) is 5.92 Å². The predicted molar refractivity (Wildman–Crippen MR) is 126 cm³/mol. The monoisotopic (exact) mass is 479 g/mol. The van der Waals surface area contributed by atoms with E-state index in [1.165, 1.54) is 0 Å². The Morgan fingerprint density at radius 2 is 1.71 bits per heavy atom. The maximum atomic E-state index is 13.2. The molecule has 3 aliphatic rings. The number of ether oxygens (including phenoxy) is 1. The first-order valence-electron chi connectivity index (χ1n) is 11.4. The average molecular weight is 480 g/mol. The maximum Gasteiger partial charge on any atom is 0.326 e. The molecule has 1 spiro atoms. The Morgan fingerprint density at radius 1 is 1.06 bits per heavy atom. The van der Waals surface area contributed by atoms with Crippen LogP contribution in [0.1, 0.15) is 32.6 Å². The molecular weight excluding hydrogens is 454 g/mol. The van der Waals surface area contributed by atoms with Crippen molar-refractivity contribution in [1.82, 2.24) is 10.2 Å².